The van der Waals surface area contributed by atoms with Gasteiger partial charge in [-0.15, -0.1) is 0 Å². The van der Waals surface area contributed by atoms with Crippen molar-refractivity contribution in [2.75, 3.05) is 19.8 Å². The second-order valence-electron chi connectivity index (χ2n) is 26.7. The average Bonchev–Trinajstić information content (AvgIpc) is 0.806. The number of aliphatic hydroxyl groups is 8. The lowest BCUT2D eigenvalue weighted by Gasteiger charge is -2.46. The van der Waals surface area contributed by atoms with E-state index in [1.165, 1.54) is 173 Å². The lowest BCUT2D eigenvalue weighted by atomic mass is 9.97. The van der Waals surface area contributed by atoms with E-state index in [-0.39, 0.29) is 18.9 Å². The zero-order valence-corrected chi connectivity index (χ0v) is 60.3. The molecule has 2 fully saturated rings. The SMILES string of the molecule is CC/C=C\C/C=C\C/C=C\C/C=C\C/C=C\C/C=C\C/C=C\CCCCCCCCCCCCCCCCCCCC(=O)NC(COC1OC(CO)C(OC2OC(CO)C(O)C(O)C2O)C(O)C1O)C(O)/C=C/CC/C=C/CC/C=C/CCCCCCCCCCCCCCC. The normalized spacial score (nSPS) is 22.9. The van der Waals surface area contributed by atoms with Crippen LogP contribution in [0.4, 0.5) is 0 Å². The highest BCUT2D eigenvalue weighted by molar-refractivity contribution is 5.76. The van der Waals surface area contributed by atoms with Gasteiger partial charge in [-0.25, -0.2) is 0 Å². The zero-order chi connectivity index (χ0) is 69.4. The van der Waals surface area contributed by atoms with E-state index in [4.69, 9.17) is 18.9 Å². The minimum Gasteiger partial charge on any atom is -0.394 e. The first-order valence-electron chi connectivity index (χ1n) is 38.8. The summed E-state index contributed by atoms with van der Waals surface area (Å²) >= 11 is 0. The summed E-state index contributed by atoms with van der Waals surface area (Å²) in [6, 6.07) is -0.945. The molecule has 14 heteroatoms. The van der Waals surface area contributed by atoms with E-state index in [0.29, 0.717) is 12.8 Å². The van der Waals surface area contributed by atoms with Gasteiger partial charge < -0.3 is 65.1 Å². The Morgan fingerprint density at radius 1 is 0.385 bits per heavy atom. The molecule has 2 aliphatic rings. The topological polar surface area (TPSA) is 228 Å². The van der Waals surface area contributed by atoms with E-state index < -0.39 is 86.8 Å². The molecule has 12 unspecified atom stereocenters. The van der Waals surface area contributed by atoms with Crippen LogP contribution in [-0.4, -0.2) is 140 Å². The van der Waals surface area contributed by atoms with Gasteiger partial charge in [0.1, 0.15) is 48.8 Å². The fourth-order valence-electron chi connectivity index (χ4n) is 12.0. The lowest BCUT2D eigenvalue weighted by Crippen LogP contribution is -2.65. The number of unbranched alkanes of at least 4 members (excludes halogenated alkanes) is 32. The number of rotatable bonds is 63. The van der Waals surface area contributed by atoms with Gasteiger partial charge in [0.25, 0.3) is 0 Å². The third-order valence-corrected chi connectivity index (χ3v) is 18.1. The maximum atomic E-state index is 13.4. The molecule has 0 saturated carbocycles. The molecule has 0 spiro atoms. The molecule has 0 aliphatic carbocycles. The number of allylic oxidation sites excluding steroid dienone is 19. The van der Waals surface area contributed by atoms with E-state index >= 15 is 0 Å². The van der Waals surface area contributed by atoms with Gasteiger partial charge in [-0.2, -0.15) is 0 Å². The van der Waals surface area contributed by atoms with Crippen molar-refractivity contribution >= 4 is 5.91 Å². The largest absolute Gasteiger partial charge is 0.394 e. The van der Waals surface area contributed by atoms with Crippen LogP contribution in [0.5, 0.6) is 0 Å². The summed E-state index contributed by atoms with van der Waals surface area (Å²) in [6.07, 6.45) is 78.4. The second-order valence-corrected chi connectivity index (χ2v) is 26.7. The average molecular weight is 1350 g/mol. The van der Waals surface area contributed by atoms with E-state index in [0.717, 1.165) is 89.9 Å². The molecule has 0 aromatic heterocycles. The summed E-state index contributed by atoms with van der Waals surface area (Å²) in [5.41, 5.74) is 0. The third kappa shape index (κ3) is 47.4. The fraction of sp³-hybridized carbons (Fsp3) is 0.744. The van der Waals surface area contributed by atoms with Gasteiger partial charge in [-0.3, -0.25) is 4.79 Å². The van der Waals surface area contributed by atoms with Crippen LogP contribution in [0.3, 0.4) is 0 Å². The van der Waals surface area contributed by atoms with Crippen LogP contribution < -0.4 is 5.32 Å². The maximum absolute atomic E-state index is 13.4. The summed E-state index contributed by atoms with van der Waals surface area (Å²) in [5, 5.41) is 87.5. The number of aliphatic hydroxyl groups excluding tert-OH is 8. The summed E-state index contributed by atoms with van der Waals surface area (Å²) < 4.78 is 22.9. The fourth-order valence-corrected chi connectivity index (χ4v) is 12.0. The number of carbonyl (C=O) groups is 1. The van der Waals surface area contributed by atoms with Gasteiger partial charge in [-0.05, 0) is 103 Å². The molecule has 2 rings (SSSR count). The van der Waals surface area contributed by atoms with Crippen molar-refractivity contribution in [2.24, 2.45) is 0 Å². The number of carbonyl (C=O) groups excluding carboxylic acids is 1. The van der Waals surface area contributed by atoms with Crippen LogP contribution in [0.15, 0.2) is 122 Å². The Labute approximate surface area is 584 Å². The molecule has 0 radical (unpaired) electrons. The molecule has 2 aliphatic heterocycles. The Balaban J connectivity index is 1.62. The molecule has 0 aromatic rings. The molecule has 12 atom stereocenters. The highest BCUT2D eigenvalue weighted by atomic mass is 16.7. The van der Waals surface area contributed by atoms with Gasteiger partial charge in [0.2, 0.25) is 5.91 Å². The van der Waals surface area contributed by atoms with E-state index in [1.54, 1.807) is 6.08 Å². The van der Waals surface area contributed by atoms with Crippen LogP contribution in [0.25, 0.3) is 0 Å². The van der Waals surface area contributed by atoms with Gasteiger partial charge in [-0.1, -0.05) is 309 Å². The number of amides is 1. The van der Waals surface area contributed by atoms with Crippen LogP contribution in [0, 0.1) is 0 Å². The monoisotopic (exact) mass is 1350 g/mol. The Bertz CT molecular complexity index is 2080. The number of nitrogens with one attached hydrogen (secondary N) is 1. The van der Waals surface area contributed by atoms with Gasteiger partial charge in [0.05, 0.1) is 32.0 Å². The van der Waals surface area contributed by atoms with Crippen molar-refractivity contribution in [1.82, 2.24) is 5.32 Å². The van der Waals surface area contributed by atoms with Crippen molar-refractivity contribution in [3.05, 3.63) is 122 Å². The van der Waals surface area contributed by atoms with Crippen LogP contribution >= 0.6 is 0 Å². The smallest absolute Gasteiger partial charge is 0.220 e. The molecule has 14 nitrogen and oxygen atoms in total. The number of hydrogen-bond acceptors (Lipinski definition) is 13. The van der Waals surface area contributed by atoms with Crippen molar-refractivity contribution in [3.63, 3.8) is 0 Å². The first kappa shape index (κ1) is 88.5. The first-order valence-corrected chi connectivity index (χ1v) is 38.8. The van der Waals surface area contributed by atoms with Gasteiger partial charge in [0.15, 0.2) is 12.6 Å². The maximum Gasteiger partial charge on any atom is 0.220 e. The number of ether oxygens (including phenoxy) is 4. The molecule has 9 N–H and O–H groups in total. The van der Waals surface area contributed by atoms with Crippen LogP contribution in [0.2, 0.25) is 0 Å². The van der Waals surface area contributed by atoms with Gasteiger partial charge in [0, 0.05) is 6.42 Å². The zero-order valence-electron chi connectivity index (χ0n) is 60.3. The van der Waals surface area contributed by atoms with Crippen molar-refractivity contribution < 1.29 is 64.6 Å². The van der Waals surface area contributed by atoms with Crippen molar-refractivity contribution in [3.8, 4) is 0 Å². The van der Waals surface area contributed by atoms with Crippen molar-refractivity contribution in [1.29, 1.82) is 0 Å². The molecular formula is C82H141NO13. The molecular weight excluding hydrogens is 1210 g/mol. The summed E-state index contributed by atoms with van der Waals surface area (Å²) in [7, 11) is 0. The molecule has 2 heterocycles. The predicted octanol–water partition coefficient (Wildman–Crippen LogP) is 17.2. The highest BCUT2D eigenvalue weighted by Crippen LogP contribution is 2.30. The summed E-state index contributed by atoms with van der Waals surface area (Å²) in [4.78, 5) is 13.4. The second kappa shape index (κ2) is 64.7. The lowest BCUT2D eigenvalue weighted by molar-refractivity contribution is -0.359. The predicted molar refractivity (Wildman–Crippen MR) is 396 cm³/mol. The third-order valence-electron chi connectivity index (χ3n) is 18.1. The highest BCUT2D eigenvalue weighted by Gasteiger charge is 2.51. The minimum atomic E-state index is -1.80. The van der Waals surface area contributed by atoms with E-state index in [2.05, 4.69) is 129 Å². The standard InChI is InChI=1S/C82H141NO13/c1-3-5-7-9-11-13-15-17-19-21-23-25-27-28-29-30-31-32-33-34-35-36-37-38-39-40-41-42-44-46-48-50-52-54-56-58-60-62-64-66-74(87)83-70(69-93-81-79(92)77(90)80(73(68-85)95-81)96-82-78(91)76(89)75(88)72(67-84)94-82)71(86)65-63-61-59-57-55-53-51-49-47-45-43-26-24-22-20-18-16-14-12-10-8-6-4-2/h5,7,11,13,17,19,23,25,28-29,31-32,34-35,47,49,55,57,63,65,70-73,75-82,84-86,88-92H,3-4,6,8-10,12,14-16,18,20-22,24,26-27,30,33,36-46,48,50-54,56,58-62,64,66-69H2,1-2H3,(H,83,87)/b7-5-,13-11-,19-17-,25-23-,29-28-,32-31-,35-34-,49-47+,57-55+,65-63+. The van der Waals surface area contributed by atoms with E-state index in [1.807, 2.05) is 6.08 Å². The molecule has 552 valence electrons. The Hall–Kier alpha value is -3.61. The van der Waals surface area contributed by atoms with E-state index in [9.17, 15) is 45.6 Å². The van der Waals surface area contributed by atoms with Crippen LogP contribution in [0.1, 0.15) is 296 Å². The summed E-state index contributed by atoms with van der Waals surface area (Å²) in [5.74, 6) is -0.254. The van der Waals surface area contributed by atoms with Crippen molar-refractivity contribution in [2.45, 2.75) is 370 Å². The van der Waals surface area contributed by atoms with Crippen LogP contribution in [-0.2, 0) is 23.7 Å². The minimum absolute atomic E-state index is 0.254. The Morgan fingerprint density at radius 2 is 0.729 bits per heavy atom. The molecule has 2 saturated heterocycles. The quantitative estimate of drug-likeness (QED) is 0.0204. The Kier molecular flexibility index (Phi) is 59.7. The molecule has 0 bridgehead atoms. The number of hydrogen-bond donors (Lipinski definition) is 9. The molecule has 1 amide bonds. The molecule has 96 heavy (non-hydrogen) atoms. The Morgan fingerprint density at radius 3 is 1.15 bits per heavy atom. The van der Waals surface area contributed by atoms with Gasteiger partial charge >= 0.3 is 0 Å². The first-order chi connectivity index (χ1) is 47.1. The molecule has 0 aromatic carbocycles. The summed E-state index contributed by atoms with van der Waals surface area (Å²) in [6.45, 7) is 2.68.